The van der Waals surface area contributed by atoms with Gasteiger partial charge >= 0.3 is 0 Å². The van der Waals surface area contributed by atoms with E-state index in [-0.39, 0.29) is 17.8 Å². The molecular weight excluding hydrogens is 396 g/mol. The number of hydrogen-bond donors (Lipinski definition) is 1. The van der Waals surface area contributed by atoms with E-state index in [2.05, 4.69) is 25.8 Å². The summed E-state index contributed by atoms with van der Waals surface area (Å²) in [6, 6.07) is 8.15. The summed E-state index contributed by atoms with van der Waals surface area (Å²) in [7, 11) is 0. The maximum absolute atomic E-state index is 12.3. The number of aromatic nitrogens is 5. The Morgan fingerprint density at radius 3 is 3.04 bits per heavy atom. The number of ether oxygens (including phenoxy) is 1. The molecule has 3 aromatic rings. The highest BCUT2D eigenvalue weighted by Crippen LogP contribution is 2.25. The summed E-state index contributed by atoms with van der Waals surface area (Å²) in [5.74, 6) is 0.0761. The van der Waals surface area contributed by atoms with Crippen LogP contribution in [0.1, 0.15) is 18.4 Å². The van der Waals surface area contributed by atoms with Gasteiger partial charge in [0.1, 0.15) is 0 Å². The SMILES string of the molecule is Cc1ccc(-c2csc(NC(=O)CSc3nnnn3CC3CCCO3)n2)cc1. The lowest BCUT2D eigenvalue weighted by molar-refractivity contribution is -0.113. The Morgan fingerprint density at radius 2 is 2.25 bits per heavy atom. The minimum atomic E-state index is -0.138. The van der Waals surface area contributed by atoms with Crippen molar-refractivity contribution in [1.29, 1.82) is 0 Å². The molecule has 1 aromatic carbocycles. The fourth-order valence-electron chi connectivity index (χ4n) is 2.87. The van der Waals surface area contributed by atoms with Gasteiger partial charge in [0, 0.05) is 17.6 Å². The van der Waals surface area contributed by atoms with Crippen molar-refractivity contribution in [3.05, 3.63) is 35.2 Å². The summed E-state index contributed by atoms with van der Waals surface area (Å²) in [4.78, 5) is 16.8. The number of carbonyl (C=O) groups excluding carboxylic acids is 1. The standard InChI is InChI=1S/C18H20N6O2S2/c1-12-4-6-13(7-5-12)15-10-27-17(19-15)20-16(25)11-28-18-21-22-23-24(18)9-14-3-2-8-26-14/h4-7,10,14H,2-3,8-9,11H2,1H3,(H,19,20,25). The number of rotatable bonds is 7. The van der Waals surface area contributed by atoms with Gasteiger partial charge in [-0.05, 0) is 30.2 Å². The van der Waals surface area contributed by atoms with Crippen LogP contribution in [0.15, 0.2) is 34.8 Å². The van der Waals surface area contributed by atoms with E-state index in [4.69, 9.17) is 4.74 Å². The molecule has 0 aliphatic carbocycles. The number of aryl methyl sites for hydroxylation is 1. The van der Waals surface area contributed by atoms with Crippen molar-refractivity contribution in [2.24, 2.45) is 0 Å². The van der Waals surface area contributed by atoms with Crippen LogP contribution in [0.25, 0.3) is 11.3 Å². The lowest BCUT2D eigenvalue weighted by Crippen LogP contribution is -2.18. The van der Waals surface area contributed by atoms with E-state index < -0.39 is 0 Å². The van der Waals surface area contributed by atoms with E-state index in [9.17, 15) is 4.79 Å². The number of carbonyl (C=O) groups is 1. The zero-order valence-corrected chi connectivity index (χ0v) is 17.0. The van der Waals surface area contributed by atoms with Crippen molar-refractivity contribution in [3.63, 3.8) is 0 Å². The summed E-state index contributed by atoms with van der Waals surface area (Å²) < 4.78 is 7.32. The predicted octanol–water partition coefficient (Wildman–Crippen LogP) is 3.01. The summed E-state index contributed by atoms with van der Waals surface area (Å²) in [6.07, 6.45) is 2.22. The molecule has 146 valence electrons. The van der Waals surface area contributed by atoms with Gasteiger partial charge in [0.05, 0.1) is 24.1 Å². The highest BCUT2D eigenvalue weighted by Gasteiger charge is 2.19. The predicted molar refractivity (Wildman–Crippen MR) is 108 cm³/mol. The molecule has 10 heteroatoms. The first-order valence-corrected chi connectivity index (χ1v) is 10.9. The fourth-order valence-corrected chi connectivity index (χ4v) is 4.29. The molecule has 8 nitrogen and oxygen atoms in total. The first kappa shape index (κ1) is 19.0. The summed E-state index contributed by atoms with van der Waals surface area (Å²) in [5.41, 5.74) is 3.09. The number of hydrogen-bond acceptors (Lipinski definition) is 8. The van der Waals surface area contributed by atoms with Gasteiger partial charge in [0.2, 0.25) is 11.1 Å². The van der Waals surface area contributed by atoms with Crippen molar-refractivity contribution < 1.29 is 9.53 Å². The van der Waals surface area contributed by atoms with Crippen LogP contribution in [0.3, 0.4) is 0 Å². The number of benzene rings is 1. The monoisotopic (exact) mass is 416 g/mol. The average Bonchev–Trinajstić information content (AvgIpc) is 3.44. The van der Waals surface area contributed by atoms with E-state index in [1.807, 2.05) is 36.6 Å². The van der Waals surface area contributed by atoms with Crippen molar-refractivity contribution in [3.8, 4) is 11.3 Å². The second-order valence-corrected chi connectivity index (χ2v) is 8.32. The molecule has 4 rings (SSSR count). The van der Waals surface area contributed by atoms with E-state index in [1.165, 1.54) is 28.7 Å². The molecular formula is C18H20N6O2S2. The maximum atomic E-state index is 12.3. The Bertz CT molecular complexity index is 934. The third-order valence-electron chi connectivity index (χ3n) is 4.33. The van der Waals surface area contributed by atoms with Gasteiger partial charge in [-0.25, -0.2) is 9.67 Å². The average molecular weight is 417 g/mol. The van der Waals surface area contributed by atoms with Crippen molar-refractivity contribution in [1.82, 2.24) is 25.2 Å². The van der Waals surface area contributed by atoms with Gasteiger partial charge in [0.15, 0.2) is 5.13 Å². The molecule has 1 amide bonds. The number of nitrogens with zero attached hydrogens (tertiary/aromatic N) is 5. The number of tetrazole rings is 1. The molecule has 1 saturated heterocycles. The molecule has 2 aromatic heterocycles. The van der Waals surface area contributed by atoms with E-state index in [0.717, 1.165) is 30.7 Å². The molecule has 28 heavy (non-hydrogen) atoms. The number of amides is 1. The molecule has 1 aliphatic heterocycles. The van der Waals surface area contributed by atoms with Crippen molar-refractivity contribution in [2.75, 3.05) is 17.7 Å². The Kier molecular flexibility index (Phi) is 5.98. The van der Waals surface area contributed by atoms with Crippen LogP contribution < -0.4 is 5.32 Å². The Balaban J connectivity index is 1.30. The smallest absolute Gasteiger partial charge is 0.236 e. The minimum Gasteiger partial charge on any atom is -0.376 e. The number of nitrogens with one attached hydrogen (secondary N) is 1. The zero-order chi connectivity index (χ0) is 19.3. The molecule has 0 radical (unpaired) electrons. The second-order valence-electron chi connectivity index (χ2n) is 6.52. The lowest BCUT2D eigenvalue weighted by atomic mass is 10.1. The van der Waals surface area contributed by atoms with Crippen LogP contribution >= 0.6 is 23.1 Å². The third kappa shape index (κ3) is 4.75. The molecule has 0 saturated carbocycles. The van der Waals surface area contributed by atoms with Gasteiger partial charge in [-0.3, -0.25) is 4.79 Å². The minimum absolute atomic E-state index is 0.138. The van der Waals surface area contributed by atoms with Gasteiger partial charge in [-0.1, -0.05) is 41.6 Å². The van der Waals surface area contributed by atoms with Gasteiger partial charge in [0.25, 0.3) is 0 Å². The topological polar surface area (TPSA) is 94.8 Å². The first-order valence-electron chi connectivity index (χ1n) is 9.00. The number of thiazole rings is 1. The molecule has 1 unspecified atom stereocenters. The number of thioether (sulfide) groups is 1. The van der Waals surface area contributed by atoms with Crippen LogP contribution in [0, 0.1) is 6.92 Å². The third-order valence-corrected chi connectivity index (χ3v) is 6.04. The molecule has 0 bridgehead atoms. The van der Waals surface area contributed by atoms with E-state index in [0.29, 0.717) is 16.8 Å². The van der Waals surface area contributed by atoms with Crippen LogP contribution in [0.4, 0.5) is 5.13 Å². The largest absolute Gasteiger partial charge is 0.376 e. The van der Waals surface area contributed by atoms with E-state index in [1.54, 1.807) is 4.68 Å². The highest BCUT2D eigenvalue weighted by atomic mass is 32.2. The lowest BCUT2D eigenvalue weighted by Gasteiger charge is -2.09. The quantitative estimate of drug-likeness (QED) is 0.592. The Labute approximate surface area is 170 Å². The molecule has 1 aliphatic rings. The van der Waals surface area contributed by atoms with Crippen LogP contribution in [0.5, 0.6) is 0 Å². The molecule has 1 fully saturated rings. The Hall–Kier alpha value is -2.30. The van der Waals surface area contributed by atoms with Crippen molar-refractivity contribution >= 4 is 34.1 Å². The maximum Gasteiger partial charge on any atom is 0.236 e. The molecule has 1 N–H and O–H groups in total. The first-order chi connectivity index (χ1) is 13.7. The Morgan fingerprint density at radius 1 is 1.39 bits per heavy atom. The van der Waals surface area contributed by atoms with Crippen molar-refractivity contribution in [2.45, 2.75) is 37.6 Å². The van der Waals surface area contributed by atoms with Crippen LogP contribution in [-0.2, 0) is 16.1 Å². The van der Waals surface area contributed by atoms with Crippen LogP contribution in [-0.4, -0.2) is 49.6 Å². The normalized spacial score (nSPS) is 16.4. The number of anilines is 1. The molecule has 0 spiro atoms. The zero-order valence-electron chi connectivity index (χ0n) is 15.4. The fraction of sp³-hybridized carbons (Fsp3) is 0.389. The summed E-state index contributed by atoms with van der Waals surface area (Å²) in [6.45, 7) is 3.45. The molecule has 3 heterocycles. The summed E-state index contributed by atoms with van der Waals surface area (Å²) in [5, 5.41) is 17.7. The van der Waals surface area contributed by atoms with Gasteiger partial charge in [-0.15, -0.1) is 16.4 Å². The van der Waals surface area contributed by atoms with Gasteiger partial charge in [-0.2, -0.15) is 0 Å². The van der Waals surface area contributed by atoms with Gasteiger partial charge < -0.3 is 10.1 Å². The molecule has 1 atom stereocenters. The summed E-state index contributed by atoms with van der Waals surface area (Å²) >= 11 is 2.72. The van der Waals surface area contributed by atoms with Crippen LogP contribution in [0.2, 0.25) is 0 Å². The highest BCUT2D eigenvalue weighted by molar-refractivity contribution is 7.99. The second kappa shape index (κ2) is 8.80. The van der Waals surface area contributed by atoms with E-state index >= 15 is 0 Å².